The second-order valence-electron chi connectivity index (χ2n) is 9.45. The summed E-state index contributed by atoms with van der Waals surface area (Å²) < 4.78 is 21.9. The Morgan fingerprint density at radius 1 is 1.18 bits per heavy atom. The molecule has 6 rings (SSSR count). The second-order valence-corrected chi connectivity index (χ2v) is 9.79. The van der Waals surface area contributed by atoms with Crippen molar-refractivity contribution in [2.45, 2.75) is 51.6 Å². The largest absolute Gasteiger partial charge is 0.417 e. The first kappa shape index (κ1) is 21.5. The van der Waals surface area contributed by atoms with E-state index in [-0.39, 0.29) is 28.9 Å². The maximum atomic E-state index is 16.0. The zero-order chi connectivity index (χ0) is 23.7. The number of pyridine rings is 1. The summed E-state index contributed by atoms with van der Waals surface area (Å²) in [6, 6.07) is 0.293. The van der Waals surface area contributed by atoms with Gasteiger partial charge in [0.15, 0.2) is 5.82 Å². The van der Waals surface area contributed by atoms with E-state index in [9.17, 15) is 4.79 Å². The van der Waals surface area contributed by atoms with Crippen LogP contribution in [0.4, 0.5) is 4.39 Å². The molecule has 0 radical (unpaired) electrons. The van der Waals surface area contributed by atoms with Crippen molar-refractivity contribution in [1.82, 2.24) is 30.2 Å². The highest BCUT2D eigenvalue weighted by molar-refractivity contribution is 6.28. The lowest BCUT2D eigenvalue weighted by atomic mass is 9.87. The molecule has 2 unspecified atom stereocenters. The third-order valence-corrected chi connectivity index (χ3v) is 7.42. The number of nitrogens with zero attached hydrogens (tertiary/aromatic N) is 4. The van der Waals surface area contributed by atoms with Crippen LogP contribution in [0.5, 0.6) is 11.8 Å². The lowest BCUT2D eigenvalue weighted by Gasteiger charge is -2.31. The molecule has 1 aliphatic carbocycles. The van der Waals surface area contributed by atoms with Crippen LogP contribution in [0.3, 0.4) is 0 Å². The van der Waals surface area contributed by atoms with Crippen LogP contribution in [0, 0.1) is 5.82 Å². The quantitative estimate of drug-likeness (QED) is 0.540. The molecule has 176 valence electrons. The van der Waals surface area contributed by atoms with Gasteiger partial charge in [0.25, 0.3) is 11.8 Å². The lowest BCUT2D eigenvalue weighted by molar-refractivity contribution is 0.0940. The van der Waals surface area contributed by atoms with E-state index in [0.29, 0.717) is 55.2 Å². The molecule has 1 amide bonds. The van der Waals surface area contributed by atoms with E-state index in [1.165, 1.54) is 0 Å². The number of likely N-dealkylation sites (N-methyl/N-ethyl adjacent to an activating group) is 1. The topological polar surface area (TPSA) is 96.0 Å². The van der Waals surface area contributed by atoms with E-state index in [0.717, 1.165) is 28.1 Å². The average molecular weight is 483 g/mol. The first-order valence-corrected chi connectivity index (χ1v) is 11.8. The zero-order valence-electron chi connectivity index (χ0n) is 19.1. The van der Waals surface area contributed by atoms with Gasteiger partial charge in [0.1, 0.15) is 0 Å². The molecule has 8 nitrogen and oxygen atoms in total. The number of rotatable bonds is 2. The van der Waals surface area contributed by atoms with Crippen molar-refractivity contribution in [3.63, 3.8) is 0 Å². The number of aromatic amines is 1. The summed E-state index contributed by atoms with van der Waals surface area (Å²) in [4.78, 5) is 31.0. The molecule has 34 heavy (non-hydrogen) atoms. The summed E-state index contributed by atoms with van der Waals surface area (Å²) in [5.74, 6) is -0.520. The molecule has 10 heteroatoms. The van der Waals surface area contributed by atoms with Crippen LogP contribution in [-0.4, -0.2) is 50.4 Å². The van der Waals surface area contributed by atoms with Crippen LogP contribution in [0.1, 0.15) is 58.2 Å². The number of aryl methyl sites for hydroxylation is 1. The lowest BCUT2D eigenvalue weighted by Crippen LogP contribution is -2.36. The van der Waals surface area contributed by atoms with E-state index < -0.39 is 5.82 Å². The van der Waals surface area contributed by atoms with E-state index in [2.05, 4.69) is 37.1 Å². The first-order chi connectivity index (χ1) is 16.3. The van der Waals surface area contributed by atoms with Gasteiger partial charge in [0.2, 0.25) is 11.2 Å². The zero-order valence-corrected chi connectivity index (χ0v) is 19.9. The Morgan fingerprint density at radius 2 is 2.00 bits per heavy atom. The van der Waals surface area contributed by atoms with Crippen LogP contribution in [0.2, 0.25) is 5.28 Å². The van der Waals surface area contributed by atoms with Gasteiger partial charge in [-0.2, -0.15) is 4.98 Å². The van der Waals surface area contributed by atoms with Gasteiger partial charge in [-0.05, 0) is 49.5 Å². The molecule has 5 heterocycles. The minimum Gasteiger partial charge on any atom is -0.417 e. The van der Waals surface area contributed by atoms with Crippen LogP contribution < -0.4 is 10.1 Å². The molecule has 2 aliphatic heterocycles. The summed E-state index contributed by atoms with van der Waals surface area (Å²) >= 11 is 6.17. The third kappa shape index (κ3) is 3.21. The first-order valence-electron chi connectivity index (χ1n) is 11.5. The molecule has 0 saturated heterocycles. The van der Waals surface area contributed by atoms with Gasteiger partial charge in [-0.1, -0.05) is 6.92 Å². The highest BCUT2D eigenvalue weighted by Crippen LogP contribution is 2.43. The number of carbonyl (C=O) groups is 1. The molecular weight excluding hydrogens is 459 g/mol. The fourth-order valence-electron chi connectivity index (χ4n) is 5.21. The van der Waals surface area contributed by atoms with Crippen molar-refractivity contribution in [3.8, 4) is 23.0 Å². The van der Waals surface area contributed by atoms with Gasteiger partial charge >= 0.3 is 0 Å². The van der Waals surface area contributed by atoms with Crippen LogP contribution in [0.15, 0.2) is 6.20 Å². The van der Waals surface area contributed by atoms with E-state index >= 15 is 4.39 Å². The molecule has 0 saturated carbocycles. The Hall–Kier alpha value is -3.04. The maximum Gasteiger partial charge on any atom is 0.258 e. The molecule has 0 fully saturated rings. The van der Waals surface area contributed by atoms with E-state index in [1.807, 2.05) is 14.0 Å². The number of halogens is 2. The molecule has 3 aromatic rings. The fraction of sp³-hybridized carbons (Fsp3) is 0.417. The Bertz CT molecular complexity index is 1360. The number of carbonyl (C=O) groups excluding carboxylic acids is 1. The predicted molar refractivity (Wildman–Crippen MR) is 124 cm³/mol. The van der Waals surface area contributed by atoms with Crippen molar-refractivity contribution >= 4 is 17.5 Å². The summed E-state index contributed by atoms with van der Waals surface area (Å²) in [6.07, 6.45) is 3.58. The molecule has 0 bridgehead atoms. The normalized spacial score (nSPS) is 21.3. The van der Waals surface area contributed by atoms with E-state index in [1.54, 1.807) is 6.20 Å². The van der Waals surface area contributed by atoms with Gasteiger partial charge < -0.3 is 15.0 Å². The van der Waals surface area contributed by atoms with Gasteiger partial charge in [-0.25, -0.2) is 14.4 Å². The van der Waals surface area contributed by atoms with Crippen molar-refractivity contribution in [1.29, 1.82) is 0 Å². The molecule has 0 spiro atoms. The van der Waals surface area contributed by atoms with Crippen molar-refractivity contribution in [3.05, 3.63) is 50.9 Å². The standard InChI is InChI=1S/C24H24ClFN6O2/c1-10-7-27-21(33)17-13-5-4-12-8-28-23(18(26)16(12)20(13)30-19(10)17)34-22-14-9-32(3)11(2)6-15(14)29-24(25)31-22/h8,10-11,30H,4-7,9H2,1-3H3,(H,27,33). The average Bonchev–Trinajstić information content (AvgIpc) is 3.20. The molecule has 2 atom stereocenters. The number of aromatic nitrogens is 4. The highest BCUT2D eigenvalue weighted by Gasteiger charge is 2.35. The Balaban J connectivity index is 1.45. The van der Waals surface area contributed by atoms with E-state index in [4.69, 9.17) is 16.3 Å². The smallest absolute Gasteiger partial charge is 0.258 e. The predicted octanol–water partition coefficient (Wildman–Crippen LogP) is 3.77. The molecule has 3 aliphatic rings. The minimum absolute atomic E-state index is 0.0585. The van der Waals surface area contributed by atoms with Gasteiger partial charge in [0.05, 0.1) is 22.5 Å². The minimum atomic E-state index is -0.578. The number of hydrogen-bond donors (Lipinski definition) is 2. The summed E-state index contributed by atoms with van der Waals surface area (Å²) in [5, 5.41) is 2.99. The number of hydrogen-bond acceptors (Lipinski definition) is 6. The van der Waals surface area contributed by atoms with Crippen molar-refractivity contribution in [2.75, 3.05) is 13.6 Å². The summed E-state index contributed by atoms with van der Waals surface area (Å²) in [6.45, 7) is 5.27. The van der Waals surface area contributed by atoms with Gasteiger partial charge in [-0.15, -0.1) is 0 Å². The summed E-state index contributed by atoms with van der Waals surface area (Å²) in [7, 11) is 2.01. The van der Waals surface area contributed by atoms with Gasteiger partial charge in [0, 0.05) is 48.9 Å². The monoisotopic (exact) mass is 482 g/mol. The maximum absolute atomic E-state index is 16.0. The number of H-pyrrole nitrogens is 1. The molecule has 3 aromatic heterocycles. The fourth-order valence-corrected chi connectivity index (χ4v) is 5.39. The number of fused-ring (bicyclic) bond motifs is 6. The Labute approximate surface area is 200 Å². The number of nitrogens with one attached hydrogen (secondary N) is 2. The molecule has 2 N–H and O–H groups in total. The van der Waals surface area contributed by atoms with Crippen LogP contribution >= 0.6 is 11.6 Å². The Kier molecular flexibility index (Phi) is 4.90. The SMILES string of the molecule is CC1CNC(=O)c2c1[nH]c1c2CCc2cnc(Oc3nc(Cl)nc4c3CN(C)C(C)C4)c(F)c2-1. The summed E-state index contributed by atoms with van der Waals surface area (Å²) in [5.41, 5.74) is 5.75. The Morgan fingerprint density at radius 3 is 2.82 bits per heavy atom. The number of amides is 1. The van der Waals surface area contributed by atoms with Crippen LogP contribution in [-0.2, 0) is 25.8 Å². The van der Waals surface area contributed by atoms with Gasteiger partial charge in [-0.3, -0.25) is 9.69 Å². The van der Waals surface area contributed by atoms with Crippen molar-refractivity contribution < 1.29 is 13.9 Å². The third-order valence-electron chi connectivity index (χ3n) is 7.25. The second kappa shape index (κ2) is 7.74. The van der Waals surface area contributed by atoms with Crippen LogP contribution in [0.25, 0.3) is 11.3 Å². The number of ether oxygens (including phenoxy) is 1. The molecule has 0 aromatic carbocycles. The molecular formula is C24H24ClFN6O2. The van der Waals surface area contributed by atoms with Crippen molar-refractivity contribution in [2.24, 2.45) is 0 Å². The highest BCUT2D eigenvalue weighted by atomic mass is 35.5.